The number of rotatable bonds is 7. The Labute approximate surface area is 179 Å². The van der Waals surface area contributed by atoms with Crippen LogP contribution in [0, 0.1) is 6.92 Å². The number of nitrogens with one attached hydrogen (secondary N) is 1. The van der Waals surface area contributed by atoms with Crippen molar-refractivity contribution in [2.24, 2.45) is 10.2 Å². The van der Waals surface area contributed by atoms with Gasteiger partial charge < -0.3 is 14.2 Å². The van der Waals surface area contributed by atoms with Crippen LogP contribution in [0.15, 0.2) is 57.6 Å². The molecule has 0 aliphatic carbocycles. The second-order valence-electron chi connectivity index (χ2n) is 6.33. The Bertz CT molecular complexity index is 1100. The van der Waals surface area contributed by atoms with Crippen LogP contribution in [0.1, 0.15) is 25.0 Å². The Kier molecular flexibility index (Phi) is 6.78. The summed E-state index contributed by atoms with van der Waals surface area (Å²) in [5.74, 6) is 0.604. The van der Waals surface area contributed by atoms with Gasteiger partial charge in [0.05, 0.1) is 18.1 Å². The molecule has 1 N–H and O–H groups in total. The zero-order chi connectivity index (χ0) is 21.7. The molecular formula is C20H21N3O5S2. The molecule has 3 rings (SSSR count). The summed E-state index contributed by atoms with van der Waals surface area (Å²) in [5, 5.41) is 10.7. The van der Waals surface area contributed by atoms with Gasteiger partial charge in [-0.15, -0.1) is 5.10 Å². The Morgan fingerprint density at radius 2 is 1.93 bits per heavy atom. The van der Waals surface area contributed by atoms with E-state index in [1.807, 2.05) is 6.92 Å². The van der Waals surface area contributed by atoms with E-state index < -0.39 is 10.1 Å². The SMILES string of the molecule is CCOc1ccc(S(=O)(=O)Oc2c(C)cccc2/C=N/N=C2/NC(=O)C(C)S2)cc1. The zero-order valence-electron chi connectivity index (χ0n) is 16.7. The lowest BCUT2D eigenvalue weighted by Gasteiger charge is -2.12. The Morgan fingerprint density at radius 1 is 1.20 bits per heavy atom. The number of ether oxygens (including phenoxy) is 1. The zero-order valence-corrected chi connectivity index (χ0v) is 18.3. The number of hydrogen-bond acceptors (Lipinski definition) is 8. The second kappa shape index (κ2) is 9.31. The summed E-state index contributed by atoms with van der Waals surface area (Å²) in [4.78, 5) is 11.5. The lowest BCUT2D eigenvalue weighted by atomic mass is 10.1. The van der Waals surface area contributed by atoms with Gasteiger partial charge in [0, 0.05) is 5.56 Å². The molecule has 2 aromatic rings. The number of thioether (sulfide) groups is 1. The van der Waals surface area contributed by atoms with Gasteiger partial charge in [0.2, 0.25) is 5.91 Å². The molecule has 0 bridgehead atoms. The quantitative estimate of drug-likeness (QED) is 0.397. The third kappa shape index (κ3) is 5.19. The topological polar surface area (TPSA) is 106 Å². The van der Waals surface area contributed by atoms with Gasteiger partial charge in [-0.25, -0.2) is 0 Å². The maximum Gasteiger partial charge on any atom is 0.339 e. The molecule has 1 saturated heterocycles. The minimum atomic E-state index is -4.06. The first-order valence-electron chi connectivity index (χ1n) is 9.15. The van der Waals surface area contributed by atoms with Gasteiger partial charge in [-0.2, -0.15) is 13.5 Å². The highest BCUT2D eigenvalue weighted by Crippen LogP contribution is 2.27. The smallest absolute Gasteiger partial charge is 0.339 e. The van der Waals surface area contributed by atoms with Crippen LogP contribution in [0.4, 0.5) is 0 Å². The highest BCUT2D eigenvalue weighted by atomic mass is 32.2. The van der Waals surface area contributed by atoms with Crippen LogP contribution in [0.5, 0.6) is 11.5 Å². The fourth-order valence-electron chi connectivity index (χ4n) is 2.57. The van der Waals surface area contributed by atoms with E-state index in [0.29, 0.717) is 28.7 Å². The minimum absolute atomic E-state index is 0.0105. The molecule has 158 valence electrons. The molecule has 30 heavy (non-hydrogen) atoms. The van der Waals surface area contributed by atoms with Crippen molar-refractivity contribution in [3.8, 4) is 11.5 Å². The van der Waals surface area contributed by atoms with Crippen molar-refractivity contribution in [1.29, 1.82) is 0 Å². The molecule has 1 heterocycles. The van der Waals surface area contributed by atoms with Gasteiger partial charge >= 0.3 is 10.1 Å². The van der Waals surface area contributed by atoms with E-state index in [1.165, 1.54) is 30.1 Å². The van der Waals surface area contributed by atoms with Gasteiger partial charge in [0.1, 0.15) is 10.6 Å². The van der Waals surface area contributed by atoms with Crippen LogP contribution in [0.3, 0.4) is 0 Å². The molecule has 1 amide bonds. The molecule has 0 radical (unpaired) electrons. The van der Waals surface area contributed by atoms with Gasteiger partial charge in [-0.3, -0.25) is 4.79 Å². The minimum Gasteiger partial charge on any atom is -0.494 e. The number of aryl methyl sites for hydroxylation is 1. The Morgan fingerprint density at radius 3 is 2.57 bits per heavy atom. The molecule has 0 aromatic heterocycles. The normalized spacial score (nSPS) is 18.0. The maximum absolute atomic E-state index is 12.7. The van der Waals surface area contributed by atoms with Crippen molar-refractivity contribution in [1.82, 2.24) is 5.32 Å². The monoisotopic (exact) mass is 447 g/mol. The number of nitrogens with zero attached hydrogens (tertiary/aromatic N) is 2. The fraction of sp³-hybridized carbons (Fsp3) is 0.250. The maximum atomic E-state index is 12.7. The van der Waals surface area contributed by atoms with Crippen molar-refractivity contribution in [3.05, 3.63) is 53.6 Å². The molecule has 1 atom stereocenters. The van der Waals surface area contributed by atoms with Crippen molar-refractivity contribution in [2.75, 3.05) is 6.61 Å². The molecular weight excluding hydrogens is 426 g/mol. The van der Waals surface area contributed by atoms with Crippen molar-refractivity contribution < 1.29 is 22.1 Å². The van der Waals surface area contributed by atoms with Crippen molar-refractivity contribution in [2.45, 2.75) is 30.9 Å². The average Bonchev–Trinajstić information content (AvgIpc) is 3.02. The van der Waals surface area contributed by atoms with Crippen LogP contribution < -0.4 is 14.2 Å². The van der Waals surface area contributed by atoms with E-state index in [4.69, 9.17) is 8.92 Å². The first kappa shape index (κ1) is 21.8. The summed E-state index contributed by atoms with van der Waals surface area (Å²) in [7, 11) is -4.06. The van der Waals surface area contributed by atoms with Crippen molar-refractivity contribution in [3.63, 3.8) is 0 Å². The van der Waals surface area contributed by atoms with E-state index in [0.717, 1.165) is 0 Å². The summed E-state index contributed by atoms with van der Waals surface area (Å²) in [6.07, 6.45) is 1.39. The molecule has 2 aromatic carbocycles. The molecule has 1 fully saturated rings. The number of para-hydroxylation sites is 1. The standard InChI is InChI=1S/C20H21N3O5S2/c1-4-27-16-8-10-17(11-9-16)30(25,26)28-18-13(2)6-5-7-15(18)12-21-23-20-22-19(24)14(3)29-20/h5-12,14H,4H2,1-3H3,(H,22,23,24)/b21-12+. The summed E-state index contributed by atoms with van der Waals surface area (Å²) < 4.78 is 36.2. The predicted molar refractivity (Wildman–Crippen MR) is 117 cm³/mol. The first-order valence-corrected chi connectivity index (χ1v) is 11.4. The predicted octanol–water partition coefficient (Wildman–Crippen LogP) is 3.10. The third-order valence-corrected chi connectivity index (χ3v) is 6.30. The highest BCUT2D eigenvalue weighted by molar-refractivity contribution is 8.15. The fourth-order valence-corrected chi connectivity index (χ4v) is 4.33. The van der Waals surface area contributed by atoms with Gasteiger partial charge in [0.15, 0.2) is 10.9 Å². The molecule has 1 aliphatic rings. The van der Waals surface area contributed by atoms with E-state index in [2.05, 4.69) is 15.5 Å². The molecule has 1 aliphatic heterocycles. The number of hydrogen-bond donors (Lipinski definition) is 1. The summed E-state index contributed by atoms with van der Waals surface area (Å²) >= 11 is 1.27. The van der Waals surface area contributed by atoms with E-state index in [-0.39, 0.29) is 21.8 Å². The number of amidine groups is 1. The van der Waals surface area contributed by atoms with Crippen LogP contribution in [0.25, 0.3) is 0 Å². The van der Waals surface area contributed by atoms with Crippen LogP contribution in [-0.2, 0) is 14.9 Å². The average molecular weight is 448 g/mol. The summed E-state index contributed by atoms with van der Waals surface area (Å²) in [6.45, 7) is 5.84. The lowest BCUT2D eigenvalue weighted by Crippen LogP contribution is -2.23. The van der Waals surface area contributed by atoms with E-state index >= 15 is 0 Å². The van der Waals surface area contributed by atoms with E-state index in [9.17, 15) is 13.2 Å². The number of benzene rings is 2. The Balaban J connectivity index is 1.83. The highest BCUT2D eigenvalue weighted by Gasteiger charge is 2.25. The molecule has 1 unspecified atom stereocenters. The number of amides is 1. The van der Waals surface area contributed by atoms with Crippen LogP contribution in [0.2, 0.25) is 0 Å². The van der Waals surface area contributed by atoms with Crippen molar-refractivity contribution >= 4 is 39.2 Å². The third-order valence-electron chi connectivity index (χ3n) is 4.09. The number of carbonyl (C=O) groups is 1. The number of carbonyl (C=O) groups excluding carboxylic acids is 1. The van der Waals surface area contributed by atoms with E-state index in [1.54, 1.807) is 44.2 Å². The van der Waals surface area contributed by atoms with Gasteiger partial charge in [-0.1, -0.05) is 23.9 Å². The van der Waals surface area contributed by atoms with Gasteiger partial charge in [0.25, 0.3) is 0 Å². The molecule has 0 spiro atoms. The molecule has 8 nitrogen and oxygen atoms in total. The van der Waals surface area contributed by atoms with Crippen LogP contribution in [-0.4, -0.2) is 37.6 Å². The second-order valence-corrected chi connectivity index (χ2v) is 9.21. The first-order chi connectivity index (χ1) is 14.3. The summed E-state index contributed by atoms with van der Waals surface area (Å²) in [5.41, 5.74) is 1.06. The molecule has 10 heteroatoms. The molecule has 0 saturated carbocycles. The summed E-state index contributed by atoms with van der Waals surface area (Å²) in [6, 6.07) is 11.2. The van der Waals surface area contributed by atoms with Gasteiger partial charge in [-0.05, 0) is 56.7 Å². The lowest BCUT2D eigenvalue weighted by molar-refractivity contribution is -0.118. The Hall–Kier alpha value is -2.85. The van der Waals surface area contributed by atoms with Crippen LogP contribution >= 0.6 is 11.8 Å². The largest absolute Gasteiger partial charge is 0.494 e.